The van der Waals surface area contributed by atoms with Gasteiger partial charge in [-0.3, -0.25) is 4.79 Å². The van der Waals surface area contributed by atoms with Crippen molar-refractivity contribution in [3.05, 3.63) is 23.8 Å². The number of rotatable bonds is 9. The number of carbonyl (C=O) groups excluding carboxylic acids is 1. The maximum atomic E-state index is 12.2. The van der Waals surface area contributed by atoms with Crippen molar-refractivity contribution in [3.8, 4) is 11.5 Å². The lowest BCUT2D eigenvalue weighted by Crippen LogP contribution is -2.40. The Hall–Kier alpha value is -2.24. The second kappa shape index (κ2) is 9.02. The van der Waals surface area contributed by atoms with Crippen LogP contribution in [0.5, 0.6) is 11.5 Å². The molecule has 0 aliphatic rings. The molecule has 1 aromatic carbocycles. The number of carboxylic acid groups (broad SMARTS) is 1. The maximum absolute atomic E-state index is 12.2. The van der Waals surface area contributed by atoms with E-state index in [1.165, 1.54) is 7.11 Å². The number of hydrogen-bond donors (Lipinski definition) is 2. The molecule has 6 nitrogen and oxygen atoms in total. The van der Waals surface area contributed by atoms with Gasteiger partial charge in [0.05, 0.1) is 13.7 Å². The first kappa shape index (κ1) is 18.8. The van der Waals surface area contributed by atoms with E-state index in [1.807, 2.05) is 20.8 Å². The van der Waals surface area contributed by atoms with Gasteiger partial charge in [0.2, 0.25) is 0 Å². The van der Waals surface area contributed by atoms with E-state index in [0.29, 0.717) is 42.4 Å². The molecule has 0 fully saturated rings. The quantitative estimate of drug-likeness (QED) is 0.730. The molecule has 1 atom stereocenters. The first-order chi connectivity index (χ1) is 10.9. The Labute approximate surface area is 136 Å². The van der Waals surface area contributed by atoms with Crippen molar-refractivity contribution in [2.24, 2.45) is 5.92 Å². The summed E-state index contributed by atoms with van der Waals surface area (Å²) in [6.45, 7) is 6.48. The third-order valence-electron chi connectivity index (χ3n) is 3.18. The van der Waals surface area contributed by atoms with Crippen LogP contribution >= 0.6 is 0 Å². The molecule has 0 aliphatic carbocycles. The highest BCUT2D eigenvalue weighted by Gasteiger charge is 2.20. The van der Waals surface area contributed by atoms with Gasteiger partial charge in [0.15, 0.2) is 11.5 Å². The molecular formula is C17H25NO5. The van der Waals surface area contributed by atoms with Crippen LogP contribution in [-0.2, 0) is 4.79 Å². The second-order valence-electron chi connectivity index (χ2n) is 5.72. The SMILES string of the molecule is CCCC(NC(=O)c1ccc(OCC(C)C)c(OC)c1)C(=O)O. The Morgan fingerprint density at radius 2 is 1.96 bits per heavy atom. The molecule has 0 saturated heterocycles. The van der Waals surface area contributed by atoms with Gasteiger partial charge in [-0.2, -0.15) is 0 Å². The molecule has 1 amide bonds. The number of aliphatic carboxylic acids is 1. The van der Waals surface area contributed by atoms with E-state index in [1.54, 1.807) is 18.2 Å². The van der Waals surface area contributed by atoms with Gasteiger partial charge in [-0.1, -0.05) is 27.2 Å². The standard InChI is InChI=1S/C17H25NO5/c1-5-6-13(17(20)21)18-16(19)12-7-8-14(15(9-12)22-4)23-10-11(2)3/h7-9,11,13H,5-6,10H2,1-4H3,(H,18,19)(H,20,21). The lowest BCUT2D eigenvalue weighted by atomic mass is 10.1. The summed E-state index contributed by atoms with van der Waals surface area (Å²) in [7, 11) is 1.50. The van der Waals surface area contributed by atoms with Gasteiger partial charge in [0, 0.05) is 5.56 Å². The predicted molar refractivity (Wildman–Crippen MR) is 87.1 cm³/mol. The zero-order valence-electron chi connectivity index (χ0n) is 14.1. The number of ether oxygens (including phenoxy) is 2. The molecule has 0 heterocycles. The third-order valence-corrected chi connectivity index (χ3v) is 3.18. The monoisotopic (exact) mass is 323 g/mol. The fourth-order valence-corrected chi connectivity index (χ4v) is 1.97. The molecule has 0 radical (unpaired) electrons. The van der Waals surface area contributed by atoms with Gasteiger partial charge in [-0.05, 0) is 30.5 Å². The molecule has 1 aromatic rings. The molecular weight excluding hydrogens is 298 g/mol. The van der Waals surface area contributed by atoms with Gasteiger partial charge in [-0.25, -0.2) is 4.79 Å². The van der Waals surface area contributed by atoms with Crippen molar-refractivity contribution < 1.29 is 24.2 Å². The zero-order valence-corrected chi connectivity index (χ0v) is 14.1. The van der Waals surface area contributed by atoms with Crippen LogP contribution in [0.3, 0.4) is 0 Å². The second-order valence-corrected chi connectivity index (χ2v) is 5.72. The fourth-order valence-electron chi connectivity index (χ4n) is 1.97. The summed E-state index contributed by atoms with van der Waals surface area (Å²) in [5, 5.41) is 11.6. The Morgan fingerprint density at radius 3 is 2.48 bits per heavy atom. The van der Waals surface area contributed by atoms with E-state index in [-0.39, 0.29) is 0 Å². The molecule has 0 aromatic heterocycles. The number of nitrogens with one attached hydrogen (secondary N) is 1. The number of methoxy groups -OCH3 is 1. The molecule has 23 heavy (non-hydrogen) atoms. The lowest BCUT2D eigenvalue weighted by Gasteiger charge is -2.16. The van der Waals surface area contributed by atoms with Crippen molar-refractivity contribution in [2.45, 2.75) is 39.7 Å². The Balaban J connectivity index is 2.87. The average molecular weight is 323 g/mol. The van der Waals surface area contributed by atoms with E-state index in [4.69, 9.17) is 14.6 Å². The van der Waals surface area contributed by atoms with Crippen LogP contribution < -0.4 is 14.8 Å². The third kappa shape index (κ3) is 5.81. The van der Waals surface area contributed by atoms with Gasteiger partial charge in [0.25, 0.3) is 5.91 Å². The number of carboxylic acids is 1. The van der Waals surface area contributed by atoms with Crippen LogP contribution in [0.2, 0.25) is 0 Å². The highest BCUT2D eigenvalue weighted by Crippen LogP contribution is 2.28. The van der Waals surface area contributed by atoms with E-state index in [0.717, 1.165) is 0 Å². The van der Waals surface area contributed by atoms with E-state index < -0.39 is 17.9 Å². The van der Waals surface area contributed by atoms with Crippen molar-refractivity contribution in [1.29, 1.82) is 0 Å². The largest absolute Gasteiger partial charge is 0.493 e. The summed E-state index contributed by atoms with van der Waals surface area (Å²) in [4.78, 5) is 23.3. The predicted octanol–water partition coefficient (Wildman–Crippen LogP) is 2.71. The Kier molecular flexibility index (Phi) is 7.38. The fraction of sp³-hybridized carbons (Fsp3) is 0.529. The molecule has 1 rings (SSSR count). The van der Waals surface area contributed by atoms with Crippen LogP contribution in [0.25, 0.3) is 0 Å². The number of benzene rings is 1. The number of hydrogen-bond acceptors (Lipinski definition) is 4. The van der Waals surface area contributed by atoms with Gasteiger partial charge < -0.3 is 19.9 Å². The highest BCUT2D eigenvalue weighted by atomic mass is 16.5. The van der Waals surface area contributed by atoms with Crippen LogP contribution in [0.4, 0.5) is 0 Å². The van der Waals surface area contributed by atoms with Crippen LogP contribution in [0, 0.1) is 5.92 Å². The summed E-state index contributed by atoms with van der Waals surface area (Å²) < 4.78 is 10.9. The molecule has 0 spiro atoms. The minimum atomic E-state index is -1.04. The molecule has 0 bridgehead atoms. The van der Waals surface area contributed by atoms with Gasteiger partial charge >= 0.3 is 5.97 Å². The molecule has 128 valence electrons. The van der Waals surface area contributed by atoms with Crippen LogP contribution in [0.15, 0.2) is 18.2 Å². The summed E-state index contributed by atoms with van der Waals surface area (Å²) in [6, 6.07) is 3.91. The maximum Gasteiger partial charge on any atom is 0.326 e. The first-order valence-corrected chi connectivity index (χ1v) is 7.73. The average Bonchev–Trinajstić information content (AvgIpc) is 2.51. The lowest BCUT2D eigenvalue weighted by molar-refractivity contribution is -0.139. The molecule has 0 aliphatic heterocycles. The minimum Gasteiger partial charge on any atom is -0.493 e. The Bertz CT molecular complexity index is 542. The first-order valence-electron chi connectivity index (χ1n) is 7.73. The van der Waals surface area contributed by atoms with Crippen molar-refractivity contribution in [1.82, 2.24) is 5.32 Å². The summed E-state index contributed by atoms with van der Waals surface area (Å²) in [6.07, 6.45) is 1.05. The molecule has 1 unspecified atom stereocenters. The van der Waals surface area contributed by atoms with E-state index in [9.17, 15) is 9.59 Å². The summed E-state index contributed by atoms with van der Waals surface area (Å²) in [5.74, 6) is -0.113. The topological polar surface area (TPSA) is 84.9 Å². The Morgan fingerprint density at radius 1 is 1.26 bits per heavy atom. The van der Waals surface area contributed by atoms with Crippen LogP contribution in [0.1, 0.15) is 44.0 Å². The zero-order chi connectivity index (χ0) is 17.4. The molecule has 6 heteroatoms. The molecule has 2 N–H and O–H groups in total. The van der Waals surface area contributed by atoms with Crippen molar-refractivity contribution >= 4 is 11.9 Å². The van der Waals surface area contributed by atoms with Crippen LogP contribution in [-0.4, -0.2) is 36.7 Å². The highest BCUT2D eigenvalue weighted by molar-refractivity contribution is 5.97. The van der Waals surface area contributed by atoms with Gasteiger partial charge in [-0.15, -0.1) is 0 Å². The molecule has 0 saturated carbocycles. The smallest absolute Gasteiger partial charge is 0.326 e. The van der Waals surface area contributed by atoms with Gasteiger partial charge in [0.1, 0.15) is 6.04 Å². The number of carbonyl (C=O) groups is 2. The number of amides is 1. The summed E-state index contributed by atoms with van der Waals surface area (Å²) in [5.41, 5.74) is 0.334. The van der Waals surface area contributed by atoms with Crippen molar-refractivity contribution in [3.63, 3.8) is 0 Å². The van der Waals surface area contributed by atoms with Crippen molar-refractivity contribution in [2.75, 3.05) is 13.7 Å². The van der Waals surface area contributed by atoms with E-state index >= 15 is 0 Å². The minimum absolute atomic E-state index is 0.334. The normalized spacial score (nSPS) is 11.9. The van der Waals surface area contributed by atoms with E-state index in [2.05, 4.69) is 5.32 Å². The summed E-state index contributed by atoms with van der Waals surface area (Å²) >= 11 is 0.